The highest BCUT2D eigenvalue weighted by Gasteiger charge is 2.10. The zero-order chi connectivity index (χ0) is 18.8. The quantitative estimate of drug-likeness (QED) is 0.510. The Hall–Kier alpha value is -3.93. The van der Waals surface area contributed by atoms with Gasteiger partial charge in [0, 0.05) is 16.8 Å². The van der Waals surface area contributed by atoms with Gasteiger partial charge in [0.05, 0.1) is 16.6 Å². The van der Waals surface area contributed by atoms with Crippen LogP contribution in [-0.4, -0.2) is 27.0 Å². The molecule has 3 aromatic carbocycles. The minimum absolute atomic E-state index is 0.137. The van der Waals surface area contributed by atoms with Crippen molar-refractivity contribution in [3.8, 4) is 11.4 Å². The minimum Gasteiger partial charge on any atom is -0.478 e. The molecule has 6 nitrogen and oxygen atoms in total. The van der Waals surface area contributed by atoms with Crippen molar-refractivity contribution in [2.24, 2.45) is 0 Å². The van der Waals surface area contributed by atoms with Crippen LogP contribution in [0.4, 0.5) is 5.69 Å². The van der Waals surface area contributed by atoms with Gasteiger partial charge in [0.2, 0.25) is 0 Å². The maximum absolute atomic E-state index is 12.4. The average Bonchev–Trinajstić information content (AvgIpc) is 3.12. The van der Waals surface area contributed by atoms with Crippen molar-refractivity contribution < 1.29 is 14.7 Å². The lowest BCUT2D eigenvalue weighted by Crippen LogP contribution is -2.12. The molecule has 1 heterocycles. The van der Waals surface area contributed by atoms with Crippen LogP contribution >= 0.6 is 0 Å². The largest absolute Gasteiger partial charge is 0.478 e. The number of nitrogens with zero attached hydrogens (tertiary/aromatic N) is 1. The number of carboxylic acids is 1. The molecule has 132 valence electrons. The zero-order valence-electron chi connectivity index (χ0n) is 14.1. The molecule has 0 unspecified atom stereocenters. The predicted octanol–water partition coefficient (Wildman–Crippen LogP) is 4.18. The van der Waals surface area contributed by atoms with E-state index in [1.165, 1.54) is 24.3 Å². The zero-order valence-corrected chi connectivity index (χ0v) is 14.1. The average molecular weight is 357 g/mol. The molecule has 0 saturated heterocycles. The number of carbonyl (C=O) groups excluding carboxylic acids is 1. The molecule has 0 aliphatic heterocycles. The monoisotopic (exact) mass is 357 g/mol. The highest BCUT2D eigenvalue weighted by Crippen LogP contribution is 2.23. The first-order chi connectivity index (χ1) is 13.1. The van der Waals surface area contributed by atoms with E-state index in [2.05, 4.69) is 15.3 Å². The van der Waals surface area contributed by atoms with Gasteiger partial charge >= 0.3 is 5.97 Å². The number of aromatic carboxylic acids is 1. The number of rotatable bonds is 4. The molecular formula is C21H15N3O3. The van der Waals surface area contributed by atoms with Crippen LogP contribution in [0.2, 0.25) is 0 Å². The Kier molecular flexibility index (Phi) is 4.14. The number of aromatic amines is 1. The Bertz CT molecular complexity index is 1110. The Morgan fingerprint density at radius 2 is 1.63 bits per heavy atom. The van der Waals surface area contributed by atoms with E-state index >= 15 is 0 Å². The third-order valence-corrected chi connectivity index (χ3v) is 4.18. The summed E-state index contributed by atoms with van der Waals surface area (Å²) in [5, 5.41) is 11.8. The summed E-state index contributed by atoms with van der Waals surface area (Å²) in [6, 6.07) is 20.9. The number of aromatic nitrogens is 2. The number of benzene rings is 3. The van der Waals surface area contributed by atoms with Crippen LogP contribution in [0.3, 0.4) is 0 Å². The van der Waals surface area contributed by atoms with E-state index in [1.54, 1.807) is 6.07 Å². The van der Waals surface area contributed by atoms with Crippen LogP contribution in [-0.2, 0) is 0 Å². The van der Waals surface area contributed by atoms with Gasteiger partial charge in [-0.1, -0.05) is 24.3 Å². The number of para-hydroxylation sites is 2. The van der Waals surface area contributed by atoms with Crippen molar-refractivity contribution in [3.63, 3.8) is 0 Å². The van der Waals surface area contributed by atoms with Gasteiger partial charge in [0.15, 0.2) is 0 Å². The first kappa shape index (κ1) is 16.5. The topological polar surface area (TPSA) is 95.1 Å². The number of amides is 1. The van der Waals surface area contributed by atoms with E-state index in [1.807, 2.05) is 42.5 Å². The number of carbonyl (C=O) groups is 2. The number of H-pyrrole nitrogens is 1. The first-order valence-electron chi connectivity index (χ1n) is 8.30. The summed E-state index contributed by atoms with van der Waals surface area (Å²) >= 11 is 0. The fraction of sp³-hybridized carbons (Fsp3) is 0. The van der Waals surface area contributed by atoms with E-state index < -0.39 is 5.97 Å². The van der Waals surface area contributed by atoms with Gasteiger partial charge in [-0.2, -0.15) is 0 Å². The molecule has 0 radical (unpaired) electrons. The number of carboxylic acid groups (broad SMARTS) is 1. The van der Waals surface area contributed by atoms with Crippen molar-refractivity contribution in [3.05, 3.63) is 83.9 Å². The van der Waals surface area contributed by atoms with Gasteiger partial charge in [-0.3, -0.25) is 4.79 Å². The number of fused-ring (bicyclic) bond motifs is 1. The highest BCUT2D eigenvalue weighted by molar-refractivity contribution is 6.05. The van der Waals surface area contributed by atoms with Crippen LogP contribution in [0.5, 0.6) is 0 Å². The lowest BCUT2D eigenvalue weighted by Gasteiger charge is -2.07. The maximum Gasteiger partial charge on any atom is 0.335 e. The summed E-state index contributed by atoms with van der Waals surface area (Å²) in [6.07, 6.45) is 0. The lowest BCUT2D eigenvalue weighted by molar-refractivity contribution is 0.0696. The third-order valence-electron chi connectivity index (χ3n) is 4.18. The first-order valence-corrected chi connectivity index (χ1v) is 8.30. The number of anilines is 1. The van der Waals surface area contributed by atoms with E-state index in [0.29, 0.717) is 11.3 Å². The molecule has 0 aliphatic carbocycles. The van der Waals surface area contributed by atoms with Crippen LogP contribution < -0.4 is 5.32 Å². The van der Waals surface area contributed by atoms with Crippen LogP contribution in [0.25, 0.3) is 22.4 Å². The SMILES string of the molecule is O=C(O)c1ccc(C(=O)Nc2cccc(-c3nc4ccccc4[nH]3)c2)cc1. The molecule has 4 aromatic rings. The Morgan fingerprint density at radius 1 is 0.889 bits per heavy atom. The number of nitrogens with one attached hydrogen (secondary N) is 2. The van der Waals surface area contributed by atoms with Crippen molar-refractivity contribution in [1.82, 2.24) is 9.97 Å². The normalized spacial score (nSPS) is 10.7. The van der Waals surface area contributed by atoms with Gasteiger partial charge in [-0.25, -0.2) is 9.78 Å². The molecule has 0 atom stereocenters. The molecule has 1 aromatic heterocycles. The summed E-state index contributed by atoms with van der Waals surface area (Å²) in [4.78, 5) is 31.1. The molecule has 0 saturated carbocycles. The Morgan fingerprint density at radius 3 is 2.37 bits per heavy atom. The second kappa shape index (κ2) is 6.76. The summed E-state index contributed by atoms with van der Waals surface area (Å²) in [5.74, 6) is -0.618. The molecule has 27 heavy (non-hydrogen) atoms. The molecule has 0 fully saturated rings. The number of imidazole rings is 1. The van der Waals surface area contributed by atoms with Crippen molar-refractivity contribution in [2.45, 2.75) is 0 Å². The van der Waals surface area contributed by atoms with Crippen molar-refractivity contribution >= 4 is 28.6 Å². The van der Waals surface area contributed by atoms with Gasteiger partial charge < -0.3 is 15.4 Å². The summed E-state index contributed by atoms with van der Waals surface area (Å²) in [6.45, 7) is 0. The lowest BCUT2D eigenvalue weighted by atomic mass is 10.1. The number of hydrogen-bond acceptors (Lipinski definition) is 3. The predicted molar refractivity (Wildman–Crippen MR) is 103 cm³/mol. The third kappa shape index (κ3) is 3.41. The van der Waals surface area contributed by atoms with Gasteiger partial charge in [0.1, 0.15) is 5.82 Å². The van der Waals surface area contributed by atoms with Crippen LogP contribution in [0.1, 0.15) is 20.7 Å². The Balaban J connectivity index is 1.57. The van der Waals surface area contributed by atoms with Crippen LogP contribution in [0.15, 0.2) is 72.8 Å². The molecule has 1 amide bonds. The highest BCUT2D eigenvalue weighted by atomic mass is 16.4. The van der Waals surface area contributed by atoms with Gasteiger partial charge in [-0.15, -0.1) is 0 Å². The minimum atomic E-state index is -1.03. The van der Waals surface area contributed by atoms with E-state index in [9.17, 15) is 9.59 Å². The Labute approximate surface area is 154 Å². The summed E-state index contributed by atoms with van der Waals surface area (Å²) in [5.41, 5.74) is 3.82. The molecule has 0 aliphatic rings. The molecule has 4 rings (SSSR count). The summed E-state index contributed by atoms with van der Waals surface area (Å²) < 4.78 is 0. The van der Waals surface area contributed by atoms with Gasteiger partial charge in [-0.05, 0) is 48.5 Å². The van der Waals surface area contributed by atoms with Crippen LogP contribution in [0, 0.1) is 0 Å². The standard InChI is InChI=1S/C21H15N3O3/c25-20(13-8-10-14(11-9-13)21(26)27)22-16-5-3-4-15(12-16)19-23-17-6-1-2-7-18(17)24-19/h1-12H,(H,22,25)(H,23,24)(H,26,27). The van der Waals surface area contributed by atoms with Crippen molar-refractivity contribution in [1.29, 1.82) is 0 Å². The van der Waals surface area contributed by atoms with E-state index in [-0.39, 0.29) is 11.5 Å². The van der Waals surface area contributed by atoms with E-state index in [4.69, 9.17) is 5.11 Å². The fourth-order valence-corrected chi connectivity index (χ4v) is 2.80. The smallest absolute Gasteiger partial charge is 0.335 e. The second-order valence-electron chi connectivity index (χ2n) is 6.02. The second-order valence-corrected chi connectivity index (χ2v) is 6.02. The van der Waals surface area contributed by atoms with Crippen molar-refractivity contribution in [2.75, 3.05) is 5.32 Å². The van der Waals surface area contributed by atoms with Gasteiger partial charge in [0.25, 0.3) is 5.91 Å². The fourth-order valence-electron chi connectivity index (χ4n) is 2.80. The molecular weight excluding hydrogens is 342 g/mol. The molecule has 6 heteroatoms. The molecule has 0 spiro atoms. The molecule has 0 bridgehead atoms. The maximum atomic E-state index is 12.4. The van der Waals surface area contributed by atoms with E-state index in [0.717, 1.165) is 22.4 Å². The summed E-state index contributed by atoms with van der Waals surface area (Å²) in [7, 11) is 0. The molecule has 3 N–H and O–H groups in total. The number of hydrogen-bond donors (Lipinski definition) is 3.